The van der Waals surface area contributed by atoms with Crippen molar-refractivity contribution in [1.29, 1.82) is 0 Å². The number of piperazine rings is 1. The number of benzene rings is 1. The van der Waals surface area contributed by atoms with E-state index in [0.29, 0.717) is 23.7 Å². The highest BCUT2D eigenvalue weighted by molar-refractivity contribution is 5.84. The second-order valence-corrected chi connectivity index (χ2v) is 9.19. The predicted octanol–water partition coefficient (Wildman–Crippen LogP) is 5.04. The average Bonchev–Trinajstić information content (AvgIpc) is 3.31. The van der Waals surface area contributed by atoms with E-state index in [0.717, 1.165) is 32.7 Å². The number of carbonyl (C=O) groups is 1. The molecule has 3 aliphatic rings. The van der Waals surface area contributed by atoms with Gasteiger partial charge in [0.05, 0.1) is 5.92 Å². The summed E-state index contributed by atoms with van der Waals surface area (Å²) in [5.41, 5.74) is 1.21. The molecule has 0 aromatic heterocycles. The predicted molar refractivity (Wildman–Crippen MR) is 124 cm³/mol. The van der Waals surface area contributed by atoms with Crippen LogP contribution in [0.4, 0.5) is 0 Å². The number of hydrogen-bond donors (Lipinski definition) is 0. The first-order valence-corrected chi connectivity index (χ1v) is 11.8. The third-order valence-corrected chi connectivity index (χ3v) is 7.17. The molecule has 1 saturated heterocycles. The number of carbonyl (C=O) groups excluding carboxylic acids is 1. The molecule has 0 bridgehead atoms. The zero-order valence-corrected chi connectivity index (χ0v) is 18.3. The van der Waals surface area contributed by atoms with E-state index < -0.39 is 0 Å². The van der Waals surface area contributed by atoms with Crippen molar-refractivity contribution < 1.29 is 4.79 Å². The first-order valence-electron chi connectivity index (χ1n) is 11.8. The zero-order valence-electron chi connectivity index (χ0n) is 18.3. The van der Waals surface area contributed by atoms with Gasteiger partial charge in [-0.2, -0.15) is 0 Å². The van der Waals surface area contributed by atoms with Gasteiger partial charge in [0.1, 0.15) is 0 Å². The lowest BCUT2D eigenvalue weighted by Crippen LogP contribution is -2.50. The average molecular weight is 405 g/mol. The molecule has 0 radical (unpaired) electrons. The number of rotatable bonds is 6. The summed E-state index contributed by atoms with van der Waals surface area (Å²) in [6, 6.07) is 10.5. The summed E-state index contributed by atoms with van der Waals surface area (Å²) in [4.78, 5) is 18.1. The van der Waals surface area contributed by atoms with E-state index in [2.05, 4.69) is 77.4 Å². The molecule has 3 unspecified atom stereocenters. The van der Waals surface area contributed by atoms with E-state index in [-0.39, 0.29) is 5.92 Å². The Hall–Kier alpha value is -2.13. The summed E-state index contributed by atoms with van der Waals surface area (Å²) in [5, 5.41) is 0. The summed E-state index contributed by atoms with van der Waals surface area (Å²) in [7, 11) is 0. The molecule has 3 heteroatoms. The number of allylic oxidation sites excluding steroid dienone is 5. The van der Waals surface area contributed by atoms with Gasteiger partial charge in [0.15, 0.2) is 0 Å². The van der Waals surface area contributed by atoms with Crippen molar-refractivity contribution in [3.05, 3.63) is 72.4 Å². The SMILES string of the molecule is CC1C=CC=CC1/C=C/CN1CCN(C(=O)C(c2ccccc2)C2CCCC2)CC1. The molecule has 2 fully saturated rings. The van der Waals surface area contributed by atoms with Crippen molar-refractivity contribution in [1.82, 2.24) is 9.80 Å². The third kappa shape index (κ3) is 5.13. The molecule has 1 heterocycles. The highest BCUT2D eigenvalue weighted by atomic mass is 16.2. The Morgan fingerprint density at radius 2 is 1.73 bits per heavy atom. The van der Waals surface area contributed by atoms with Crippen LogP contribution in [0.15, 0.2) is 66.8 Å². The standard InChI is InChI=1S/C27H36N2O/c1-22-10-5-6-11-23(22)16-9-17-28-18-20-29(21-19-28)27(30)26(25-14-7-8-15-25)24-12-3-2-4-13-24/h2-6,9-13,16,22-23,25-26H,7-8,14-15,17-21H2,1H3/b16-9+. The van der Waals surface area contributed by atoms with Crippen LogP contribution in [0.25, 0.3) is 0 Å². The number of nitrogens with zero attached hydrogens (tertiary/aromatic N) is 2. The van der Waals surface area contributed by atoms with Crippen LogP contribution in [0.3, 0.4) is 0 Å². The van der Waals surface area contributed by atoms with E-state index in [9.17, 15) is 4.79 Å². The van der Waals surface area contributed by atoms with Gasteiger partial charge >= 0.3 is 0 Å². The fraction of sp³-hybridized carbons (Fsp3) is 0.519. The van der Waals surface area contributed by atoms with E-state index in [4.69, 9.17) is 0 Å². The van der Waals surface area contributed by atoms with Crippen LogP contribution in [0.1, 0.15) is 44.1 Å². The van der Waals surface area contributed by atoms with E-state index in [1.807, 2.05) is 6.07 Å². The molecule has 1 amide bonds. The highest BCUT2D eigenvalue weighted by Crippen LogP contribution is 2.38. The minimum absolute atomic E-state index is 0.0489. The second kappa shape index (κ2) is 10.3. The van der Waals surface area contributed by atoms with Crippen molar-refractivity contribution >= 4 is 5.91 Å². The molecule has 0 N–H and O–H groups in total. The smallest absolute Gasteiger partial charge is 0.230 e. The number of hydrogen-bond acceptors (Lipinski definition) is 2. The Morgan fingerprint density at radius 1 is 1.03 bits per heavy atom. The summed E-state index contributed by atoms with van der Waals surface area (Å²) in [6.45, 7) is 6.90. The minimum atomic E-state index is 0.0489. The van der Waals surface area contributed by atoms with Crippen molar-refractivity contribution in [2.24, 2.45) is 17.8 Å². The van der Waals surface area contributed by atoms with Crippen LogP contribution >= 0.6 is 0 Å². The molecule has 1 aromatic carbocycles. The maximum atomic E-state index is 13.5. The first-order chi connectivity index (χ1) is 14.7. The van der Waals surface area contributed by atoms with Gasteiger partial charge in [-0.15, -0.1) is 0 Å². The molecule has 3 atom stereocenters. The lowest BCUT2D eigenvalue weighted by atomic mass is 9.83. The second-order valence-electron chi connectivity index (χ2n) is 9.19. The van der Waals surface area contributed by atoms with Crippen molar-refractivity contribution in [3.8, 4) is 0 Å². The molecule has 30 heavy (non-hydrogen) atoms. The third-order valence-electron chi connectivity index (χ3n) is 7.17. The lowest BCUT2D eigenvalue weighted by Gasteiger charge is -2.37. The Kier molecular flexibility index (Phi) is 7.22. The van der Waals surface area contributed by atoms with E-state index in [1.54, 1.807) is 0 Å². The van der Waals surface area contributed by atoms with Gasteiger partial charge in [-0.3, -0.25) is 9.69 Å². The number of amides is 1. The Bertz CT molecular complexity index is 767. The van der Waals surface area contributed by atoms with Crippen LogP contribution in [-0.2, 0) is 4.79 Å². The Labute approximate surface area is 182 Å². The van der Waals surface area contributed by atoms with Crippen LogP contribution in [0.5, 0.6) is 0 Å². The fourth-order valence-electron chi connectivity index (χ4n) is 5.26. The molecule has 160 valence electrons. The van der Waals surface area contributed by atoms with Gasteiger partial charge in [-0.25, -0.2) is 0 Å². The summed E-state index contributed by atoms with van der Waals surface area (Å²) in [5.74, 6) is 2.01. The maximum absolute atomic E-state index is 13.5. The summed E-state index contributed by atoms with van der Waals surface area (Å²) in [6.07, 6.45) is 18.4. The van der Waals surface area contributed by atoms with E-state index in [1.165, 1.54) is 31.2 Å². The maximum Gasteiger partial charge on any atom is 0.230 e. The molecule has 1 aliphatic heterocycles. The van der Waals surface area contributed by atoms with Gasteiger partial charge in [-0.1, -0.05) is 86.6 Å². The molecule has 4 rings (SSSR count). The first kappa shape index (κ1) is 21.1. The Morgan fingerprint density at radius 3 is 2.43 bits per heavy atom. The summed E-state index contributed by atoms with van der Waals surface area (Å²) < 4.78 is 0. The van der Waals surface area contributed by atoms with Gasteiger partial charge in [0.25, 0.3) is 0 Å². The van der Waals surface area contributed by atoms with Crippen LogP contribution in [-0.4, -0.2) is 48.4 Å². The minimum Gasteiger partial charge on any atom is -0.340 e. The fourth-order valence-corrected chi connectivity index (χ4v) is 5.26. The Balaban J connectivity index is 1.31. The molecule has 1 saturated carbocycles. The van der Waals surface area contributed by atoms with Gasteiger partial charge in [0.2, 0.25) is 5.91 Å². The van der Waals surface area contributed by atoms with Crippen molar-refractivity contribution in [2.75, 3.05) is 32.7 Å². The van der Waals surface area contributed by atoms with Crippen molar-refractivity contribution in [3.63, 3.8) is 0 Å². The molecule has 2 aliphatic carbocycles. The van der Waals surface area contributed by atoms with Crippen LogP contribution in [0, 0.1) is 17.8 Å². The molecular weight excluding hydrogens is 368 g/mol. The van der Waals surface area contributed by atoms with Crippen LogP contribution < -0.4 is 0 Å². The topological polar surface area (TPSA) is 23.6 Å². The molecule has 0 spiro atoms. The highest BCUT2D eigenvalue weighted by Gasteiger charge is 2.35. The monoisotopic (exact) mass is 404 g/mol. The lowest BCUT2D eigenvalue weighted by molar-refractivity contribution is -0.135. The van der Waals surface area contributed by atoms with Gasteiger partial charge < -0.3 is 4.90 Å². The molecule has 3 nitrogen and oxygen atoms in total. The van der Waals surface area contributed by atoms with E-state index >= 15 is 0 Å². The molecular formula is C27H36N2O. The van der Waals surface area contributed by atoms with Gasteiger partial charge in [-0.05, 0) is 30.2 Å². The molecule has 1 aromatic rings. The normalized spacial score (nSPS) is 26.5. The van der Waals surface area contributed by atoms with Crippen LogP contribution in [0.2, 0.25) is 0 Å². The zero-order chi connectivity index (χ0) is 20.8. The summed E-state index contributed by atoms with van der Waals surface area (Å²) >= 11 is 0. The van der Waals surface area contributed by atoms with Crippen molar-refractivity contribution in [2.45, 2.75) is 38.5 Å². The largest absolute Gasteiger partial charge is 0.340 e. The van der Waals surface area contributed by atoms with Gasteiger partial charge in [0, 0.05) is 38.6 Å². The quantitative estimate of drug-likeness (QED) is 0.620.